The van der Waals surface area contributed by atoms with E-state index in [0.29, 0.717) is 25.0 Å². The highest BCUT2D eigenvalue weighted by molar-refractivity contribution is 6.01. The number of esters is 1. The van der Waals surface area contributed by atoms with Gasteiger partial charge in [-0.25, -0.2) is 4.79 Å². The number of benzene rings is 1. The molecule has 0 spiro atoms. The molecule has 1 heterocycles. The number of anilines is 1. The minimum absolute atomic E-state index is 0.135. The summed E-state index contributed by atoms with van der Waals surface area (Å²) in [6.07, 6.45) is 3.37. The van der Waals surface area contributed by atoms with Crippen molar-refractivity contribution in [2.24, 2.45) is 0 Å². The average molecular weight is 317 g/mol. The molecule has 0 fully saturated rings. The van der Waals surface area contributed by atoms with Crippen molar-refractivity contribution in [2.45, 2.75) is 46.6 Å². The molecule has 5 heteroatoms. The summed E-state index contributed by atoms with van der Waals surface area (Å²) in [6.45, 7) is 6.34. The minimum atomic E-state index is -0.791. The zero-order chi connectivity index (χ0) is 17.1. The van der Waals surface area contributed by atoms with Crippen molar-refractivity contribution < 1.29 is 19.4 Å². The molecular weight excluding hydrogens is 294 g/mol. The van der Waals surface area contributed by atoms with Crippen molar-refractivity contribution in [3.63, 3.8) is 0 Å². The van der Waals surface area contributed by atoms with Crippen LogP contribution in [0.4, 0.5) is 5.69 Å². The van der Waals surface area contributed by atoms with Gasteiger partial charge in [0.25, 0.3) is 0 Å². The van der Waals surface area contributed by atoms with Crippen LogP contribution in [-0.2, 0) is 22.6 Å². The van der Waals surface area contributed by atoms with Gasteiger partial charge in [-0.15, -0.1) is 0 Å². The second kappa shape index (κ2) is 6.86. The third-order valence-corrected chi connectivity index (χ3v) is 4.51. The van der Waals surface area contributed by atoms with Gasteiger partial charge < -0.3 is 15.2 Å². The van der Waals surface area contributed by atoms with Crippen molar-refractivity contribution in [1.82, 2.24) is 0 Å². The normalized spacial score (nSPS) is 13.7. The lowest BCUT2D eigenvalue weighted by atomic mass is 9.90. The van der Waals surface area contributed by atoms with Crippen LogP contribution in [0.3, 0.4) is 0 Å². The largest absolute Gasteiger partial charge is 0.481 e. The van der Waals surface area contributed by atoms with Crippen LogP contribution in [0.15, 0.2) is 11.6 Å². The molecule has 0 atom stereocenters. The van der Waals surface area contributed by atoms with Gasteiger partial charge in [-0.2, -0.15) is 0 Å². The SMILES string of the molecule is CNc1c(C/C=C(\C)CCC(=O)O)c(C)c(C)c2c1C(=O)OC2. The van der Waals surface area contributed by atoms with E-state index < -0.39 is 5.97 Å². The van der Waals surface area contributed by atoms with Crippen LogP contribution in [0.5, 0.6) is 0 Å². The van der Waals surface area contributed by atoms with Crippen LogP contribution in [0.25, 0.3) is 0 Å². The molecule has 0 aromatic heterocycles. The molecule has 0 unspecified atom stereocenters. The Balaban J connectivity index is 2.37. The number of fused-ring (bicyclic) bond motifs is 1. The Morgan fingerprint density at radius 2 is 2.00 bits per heavy atom. The fraction of sp³-hybridized carbons (Fsp3) is 0.444. The number of carbonyl (C=O) groups is 2. The van der Waals surface area contributed by atoms with Gasteiger partial charge in [-0.3, -0.25) is 4.79 Å². The van der Waals surface area contributed by atoms with Crippen molar-refractivity contribution in [3.05, 3.63) is 39.5 Å². The molecule has 0 saturated carbocycles. The molecule has 23 heavy (non-hydrogen) atoms. The lowest BCUT2D eigenvalue weighted by molar-refractivity contribution is -0.136. The highest BCUT2D eigenvalue weighted by atomic mass is 16.5. The van der Waals surface area contributed by atoms with Gasteiger partial charge in [0.2, 0.25) is 0 Å². The summed E-state index contributed by atoms with van der Waals surface area (Å²) >= 11 is 0. The summed E-state index contributed by atoms with van der Waals surface area (Å²) in [5.74, 6) is -1.07. The van der Waals surface area contributed by atoms with E-state index in [1.165, 1.54) is 0 Å². The molecule has 1 aliphatic rings. The number of ether oxygens (including phenoxy) is 1. The van der Waals surface area contributed by atoms with Crippen LogP contribution in [0.1, 0.15) is 52.4 Å². The maximum absolute atomic E-state index is 12.0. The van der Waals surface area contributed by atoms with Gasteiger partial charge >= 0.3 is 11.9 Å². The number of hydrogen-bond acceptors (Lipinski definition) is 4. The number of aliphatic carboxylic acids is 1. The van der Waals surface area contributed by atoms with Crippen molar-refractivity contribution in [2.75, 3.05) is 12.4 Å². The number of carboxylic acid groups (broad SMARTS) is 1. The summed E-state index contributed by atoms with van der Waals surface area (Å²) in [6, 6.07) is 0. The van der Waals surface area contributed by atoms with Crippen LogP contribution < -0.4 is 5.32 Å². The highest BCUT2D eigenvalue weighted by Gasteiger charge is 2.29. The summed E-state index contributed by atoms with van der Waals surface area (Å²) in [7, 11) is 1.81. The zero-order valence-corrected chi connectivity index (χ0v) is 14.1. The van der Waals surface area contributed by atoms with Crippen LogP contribution in [0.2, 0.25) is 0 Å². The smallest absolute Gasteiger partial charge is 0.341 e. The Labute approximate surface area is 136 Å². The fourth-order valence-corrected chi connectivity index (χ4v) is 2.96. The number of allylic oxidation sites excluding steroid dienone is 2. The first-order valence-corrected chi connectivity index (χ1v) is 7.74. The van der Waals surface area contributed by atoms with Gasteiger partial charge in [0, 0.05) is 19.0 Å². The van der Waals surface area contributed by atoms with E-state index >= 15 is 0 Å². The predicted molar refractivity (Wildman–Crippen MR) is 88.9 cm³/mol. The van der Waals surface area contributed by atoms with Gasteiger partial charge in [0.05, 0.1) is 11.3 Å². The zero-order valence-electron chi connectivity index (χ0n) is 14.1. The van der Waals surface area contributed by atoms with E-state index in [9.17, 15) is 9.59 Å². The lowest BCUT2D eigenvalue weighted by Gasteiger charge is -2.17. The third-order valence-electron chi connectivity index (χ3n) is 4.51. The number of hydrogen-bond donors (Lipinski definition) is 2. The molecule has 2 N–H and O–H groups in total. The van der Waals surface area contributed by atoms with E-state index in [1.54, 1.807) is 7.05 Å². The Kier molecular flexibility index (Phi) is 5.08. The van der Waals surface area contributed by atoms with Crippen LogP contribution in [-0.4, -0.2) is 24.1 Å². The second-order valence-electron chi connectivity index (χ2n) is 5.93. The monoisotopic (exact) mass is 317 g/mol. The second-order valence-corrected chi connectivity index (χ2v) is 5.93. The number of rotatable bonds is 6. The van der Waals surface area contributed by atoms with Crippen molar-refractivity contribution in [3.8, 4) is 0 Å². The predicted octanol–water partition coefficient (Wildman–Crippen LogP) is 3.37. The third kappa shape index (κ3) is 3.38. The van der Waals surface area contributed by atoms with Gasteiger partial charge in [0.1, 0.15) is 6.61 Å². The molecule has 1 aromatic rings. The first kappa shape index (κ1) is 17.1. The van der Waals surface area contributed by atoms with E-state index in [-0.39, 0.29) is 12.4 Å². The highest BCUT2D eigenvalue weighted by Crippen LogP contribution is 2.36. The van der Waals surface area contributed by atoms with Crippen molar-refractivity contribution >= 4 is 17.6 Å². The molecule has 0 saturated heterocycles. The quantitative estimate of drug-likeness (QED) is 0.621. The maximum atomic E-state index is 12.0. The summed E-state index contributed by atoms with van der Waals surface area (Å²) in [5, 5.41) is 11.9. The van der Waals surface area contributed by atoms with Gasteiger partial charge in [-0.1, -0.05) is 11.6 Å². The Morgan fingerprint density at radius 3 is 2.61 bits per heavy atom. The Bertz CT molecular complexity index is 689. The lowest BCUT2D eigenvalue weighted by Crippen LogP contribution is -2.08. The van der Waals surface area contributed by atoms with Crippen molar-refractivity contribution in [1.29, 1.82) is 0 Å². The number of nitrogens with one attached hydrogen (secondary N) is 1. The molecule has 0 bridgehead atoms. The fourth-order valence-electron chi connectivity index (χ4n) is 2.96. The molecule has 0 amide bonds. The topological polar surface area (TPSA) is 75.6 Å². The molecule has 1 aromatic carbocycles. The number of carbonyl (C=O) groups excluding carboxylic acids is 1. The minimum Gasteiger partial charge on any atom is -0.481 e. The first-order valence-electron chi connectivity index (χ1n) is 7.74. The summed E-state index contributed by atoms with van der Waals surface area (Å²) < 4.78 is 5.19. The molecule has 0 radical (unpaired) electrons. The molecule has 2 rings (SSSR count). The molecule has 124 valence electrons. The number of cyclic esters (lactones) is 1. The first-order chi connectivity index (χ1) is 10.9. The maximum Gasteiger partial charge on any atom is 0.341 e. The van der Waals surface area contributed by atoms with E-state index in [2.05, 4.69) is 12.2 Å². The van der Waals surface area contributed by atoms with Crippen LogP contribution >= 0.6 is 0 Å². The summed E-state index contributed by atoms with van der Waals surface area (Å²) in [4.78, 5) is 22.7. The Hall–Kier alpha value is -2.30. The standard InChI is InChI=1S/C18H23NO4/c1-10(6-8-15(20)21)5-7-13-11(2)12(3)14-9-23-18(22)16(14)17(13)19-4/h5,19H,6-9H2,1-4H3,(H,20,21)/b10-5+. The molecule has 1 aliphatic heterocycles. The Morgan fingerprint density at radius 1 is 1.30 bits per heavy atom. The van der Waals surface area contributed by atoms with Gasteiger partial charge in [-0.05, 0) is 50.3 Å². The van der Waals surface area contributed by atoms with E-state index in [1.807, 2.05) is 19.9 Å². The van der Waals surface area contributed by atoms with Gasteiger partial charge in [0.15, 0.2) is 0 Å². The van der Waals surface area contributed by atoms with E-state index in [0.717, 1.165) is 33.5 Å². The molecule has 0 aliphatic carbocycles. The summed E-state index contributed by atoms with van der Waals surface area (Å²) in [5.41, 5.74) is 6.78. The molecular formula is C18H23NO4. The van der Waals surface area contributed by atoms with Crippen LogP contribution in [0, 0.1) is 13.8 Å². The molecule has 5 nitrogen and oxygen atoms in total. The average Bonchev–Trinajstić information content (AvgIpc) is 2.89. The van der Waals surface area contributed by atoms with E-state index in [4.69, 9.17) is 9.84 Å². The number of carboxylic acids is 1.